The zero-order chi connectivity index (χ0) is 18.0. The van der Waals surface area contributed by atoms with Crippen LogP contribution >= 0.6 is 0 Å². The maximum absolute atomic E-state index is 13.1. The molecule has 1 saturated heterocycles. The molecule has 2 aromatic rings. The topological polar surface area (TPSA) is 78.0 Å². The average molecular weight is 344 g/mol. The molecule has 1 unspecified atom stereocenters. The van der Waals surface area contributed by atoms with Crippen LogP contribution < -0.4 is 9.47 Å². The Bertz CT molecular complexity index is 820. The van der Waals surface area contributed by atoms with Crippen molar-refractivity contribution in [2.24, 2.45) is 0 Å². The van der Waals surface area contributed by atoms with Crippen molar-refractivity contribution in [2.45, 2.75) is 18.9 Å². The van der Waals surface area contributed by atoms with Gasteiger partial charge >= 0.3 is 5.97 Å². The highest BCUT2D eigenvalue weighted by Gasteiger charge is 2.36. The van der Waals surface area contributed by atoms with Gasteiger partial charge in [0.15, 0.2) is 0 Å². The first-order valence-corrected chi connectivity index (χ1v) is 8.00. The predicted octanol–water partition coefficient (Wildman–Crippen LogP) is 2.03. The van der Waals surface area contributed by atoms with Crippen LogP contribution in [0.25, 0.3) is 10.8 Å². The molecule has 1 aliphatic rings. The summed E-state index contributed by atoms with van der Waals surface area (Å²) >= 11 is 0. The summed E-state index contributed by atoms with van der Waals surface area (Å²) in [6.45, 7) is 0.498. The van der Waals surface area contributed by atoms with Crippen LogP contribution in [0, 0.1) is 0 Å². The van der Waals surface area contributed by atoms with E-state index in [0.29, 0.717) is 29.9 Å². The van der Waals surface area contributed by atoms with Gasteiger partial charge in [0.2, 0.25) is 0 Å². The second kappa shape index (κ2) is 6.96. The molecule has 0 radical (unpaired) electrons. The monoisotopic (exact) mass is 344 g/mol. The van der Waals surface area contributed by atoms with Gasteiger partial charge in [0, 0.05) is 29.6 Å². The fourth-order valence-electron chi connectivity index (χ4n) is 3.21. The Labute approximate surface area is 145 Å². The summed E-state index contributed by atoms with van der Waals surface area (Å²) in [6.07, 6.45) is 2.91. The minimum atomic E-state index is -0.568. The molecule has 7 nitrogen and oxygen atoms in total. The van der Waals surface area contributed by atoms with Crippen molar-refractivity contribution in [1.82, 2.24) is 9.88 Å². The zero-order valence-electron chi connectivity index (χ0n) is 14.4. The summed E-state index contributed by atoms with van der Waals surface area (Å²) in [4.78, 5) is 30.8. The summed E-state index contributed by atoms with van der Waals surface area (Å²) in [6, 6.07) is 4.72. The average Bonchev–Trinajstić information content (AvgIpc) is 3.15. The van der Waals surface area contributed by atoms with Crippen LogP contribution in [0.1, 0.15) is 23.3 Å². The summed E-state index contributed by atoms with van der Waals surface area (Å²) in [7, 11) is 4.44. The van der Waals surface area contributed by atoms with Gasteiger partial charge in [-0.15, -0.1) is 0 Å². The third-order valence-corrected chi connectivity index (χ3v) is 4.46. The van der Waals surface area contributed by atoms with Crippen LogP contribution in [-0.4, -0.2) is 55.7 Å². The van der Waals surface area contributed by atoms with Gasteiger partial charge in [0.1, 0.15) is 23.2 Å². The number of carbonyl (C=O) groups is 2. The highest BCUT2D eigenvalue weighted by molar-refractivity contribution is 6.08. The summed E-state index contributed by atoms with van der Waals surface area (Å²) < 4.78 is 15.5. The van der Waals surface area contributed by atoms with E-state index >= 15 is 0 Å². The minimum Gasteiger partial charge on any atom is -0.497 e. The molecular formula is C18H20N2O5. The number of likely N-dealkylation sites (tertiary alicyclic amines) is 1. The first-order chi connectivity index (χ1) is 12.1. The Balaban J connectivity index is 2.09. The van der Waals surface area contributed by atoms with Crippen LogP contribution in [0.2, 0.25) is 0 Å². The molecule has 0 aliphatic carbocycles. The molecule has 1 atom stereocenters. The Kier molecular flexibility index (Phi) is 4.74. The van der Waals surface area contributed by atoms with E-state index in [4.69, 9.17) is 14.2 Å². The van der Waals surface area contributed by atoms with Crippen molar-refractivity contribution >= 4 is 22.6 Å². The third-order valence-electron chi connectivity index (χ3n) is 4.46. The van der Waals surface area contributed by atoms with Crippen LogP contribution in [0.4, 0.5) is 0 Å². The van der Waals surface area contributed by atoms with E-state index in [1.807, 2.05) is 0 Å². The first kappa shape index (κ1) is 17.0. The molecule has 1 fully saturated rings. The Morgan fingerprint density at radius 2 is 1.96 bits per heavy atom. The van der Waals surface area contributed by atoms with Crippen LogP contribution in [0.3, 0.4) is 0 Å². The van der Waals surface area contributed by atoms with Gasteiger partial charge in [-0.3, -0.25) is 9.78 Å². The lowest BCUT2D eigenvalue weighted by molar-refractivity contribution is -0.145. The number of hydrogen-bond donors (Lipinski definition) is 0. The fraction of sp³-hybridized carbons (Fsp3) is 0.389. The molecule has 1 aromatic heterocycles. The maximum Gasteiger partial charge on any atom is 0.328 e. The normalized spacial score (nSPS) is 16.8. The number of amides is 1. The summed E-state index contributed by atoms with van der Waals surface area (Å²) in [5.41, 5.74) is 0.269. The molecule has 132 valence electrons. The molecule has 25 heavy (non-hydrogen) atoms. The molecule has 3 rings (SSSR count). The number of methoxy groups -OCH3 is 3. The van der Waals surface area contributed by atoms with Crippen molar-refractivity contribution in [3.8, 4) is 11.5 Å². The molecule has 0 saturated carbocycles. The lowest BCUT2D eigenvalue weighted by Gasteiger charge is -2.23. The second-order valence-corrected chi connectivity index (χ2v) is 5.76. The van der Waals surface area contributed by atoms with Crippen molar-refractivity contribution in [3.05, 3.63) is 30.1 Å². The molecule has 1 aliphatic heterocycles. The molecular weight excluding hydrogens is 324 g/mol. The van der Waals surface area contributed by atoms with Crippen LogP contribution in [0.15, 0.2) is 24.4 Å². The molecule has 2 heterocycles. The highest BCUT2D eigenvalue weighted by atomic mass is 16.5. The van der Waals surface area contributed by atoms with Crippen LogP contribution in [0.5, 0.6) is 11.5 Å². The van der Waals surface area contributed by atoms with Gasteiger partial charge in [-0.25, -0.2) is 4.79 Å². The van der Waals surface area contributed by atoms with Gasteiger partial charge in [-0.2, -0.15) is 0 Å². The number of fused-ring (bicyclic) bond motifs is 1. The van der Waals surface area contributed by atoms with Gasteiger partial charge in [-0.1, -0.05) is 0 Å². The number of aromatic nitrogens is 1. The number of hydrogen-bond acceptors (Lipinski definition) is 6. The zero-order valence-corrected chi connectivity index (χ0v) is 14.4. The second-order valence-electron chi connectivity index (χ2n) is 5.76. The first-order valence-electron chi connectivity index (χ1n) is 8.00. The number of ether oxygens (including phenoxy) is 3. The van der Waals surface area contributed by atoms with E-state index < -0.39 is 12.0 Å². The highest BCUT2D eigenvalue weighted by Crippen LogP contribution is 2.33. The van der Waals surface area contributed by atoms with E-state index in [9.17, 15) is 9.59 Å². The summed E-state index contributed by atoms with van der Waals surface area (Å²) in [5.74, 6) is 0.462. The minimum absolute atomic E-state index is 0.269. The molecule has 1 aromatic carbocycles. The van der Waals surface area contributed by atoms with E-state index in [1.54, 1.807) is 38.6 Å². The molecule has 0 spiro atoms. The molecule has 7 heteroatoms. The number of rotatable bonds is 4. The van der Waals surface area contributed by atoms with E-state index in [-0.39, 0.29) is 11.6 Å². The van der Waals surface area contributed by atoms with Crippen molar-refractivity contribution < 1.29 is 23.8 Å². The van der Waals surface area contributed by atoms with Crippen LogP contribution in [-0.2, 0) is 9.53 Å². The number of carbonyl (C=O) groups excluding carboxylic acids is 2. The number of esters is 1. The van der Waals surface area contributed by atoms with Gasteiger partial charge in [0.25, 0.3) is 5.91 Å². The smallest absolute Gasteiger partial charge is 0.328 e. The lowest BCUT2D eigenvalue weighted by atomic mass is 10.1. The largest absolute Gasteiger partial charge is 0.497 e. The third kappa shape index (κ3) is 2.97. The molecule has 1 amide bonds. The Hall–Kier alpha value is -2.83. The standard InChI is InChI=1S/C18H20N2O5/c1-23-11-9-13-12(15(10-11)24-2)6-7-19-16(13)17(21)20-8-4-5-14(20)18(22)25-3/h6-7,9-10,14H,4-5,8H2,1-3H3. The van der Waals surface area contributed by atoms with Crippen molar-refractivity contribution in [3.63, 3.8) is 0 Å². The maximum atomic E-state index is 13.1. The van der Waals surface area contributed by atoms with E-state index in [1.165, 1.54) is 12.0 Å². The van der Waals surface area contributed by atoms with Gasteiger partial charge < -0.3 is 19.1 Å². The predicted molar refractivity (Wildman–Crippen MR) is 90.9 cm³/mol. The van der Waals surface area contributed by atoms with Gasteiger partial charge in [0.05, 0.1) is 21.3 Å². The van der Waals surface area contributed by atoms with E-state index in [0.717, 1.165) is 11.8 Å². The SMILES string of the molecule is COC(=O)C1CCCN1C(=O)c1nccc2c(OC)cc(OC)cc12. The lowest BCUT2D eigenvalue weighted by Crippen LogP contribution is -2.41. The molecule has 0 bridgehead atoms. The van der Waals surface area contributed by atoms with Crippen molar-refractivity contribution in [2.75, 3.05) is 27.9 Å². The fourth-order valence-corrected chi connectivity index (χ4v) is 3.21. The Morgan fingerprint density at radius 1 is 1.16 bits per heavy atom. The van der Waals surface area contributed by atoms with Crippen molar-refractivity contribution in [1.29, 1.82) is 0 Å². The molecule has 0 N–H and O–H groups in total. The Morgan fingerprint density at radius 3 is 2.64 bits per heavy atom. The number of nitrogens with zero attached hydrogens (tertiary/aromatic N) is 2. The van der Waals surface area contributed by atoms with E-state index in [2.05, 4.69) is 4.98 Å². The summed E-state index contributed by atoms with van der Waals surface area (Å²) in [5, 5.41) is 1.38. The van der Waals surface area contributed by atoms with Gasteiger partial charge in [-0.05, 0) is 25.0 Å². The number of pyridine rings is 1. The number of benzene rings is 1. The quantitative estimate of drug-likeness (QED) is 0.790.